The average molecular weight is 315 g/mol. The van der Waals surface area contributed by atoms with E-state index in [1.165, 1.54) is 16.6 Å². The standard InChI is InChI=1S/C19H29N3O/c1-15(2)12-22-9-8-21(14-18(22)7-10-23)13-17-11-16-5-3-4-6-19(16)20-17/h3-6,11,15,18,20,23H,7-10,12-14H2,1-2H3/t18-/m1/s1. The molecule has 23 heavy (non-hydrogen) atoms. The fraction of sp³-hybridized carbons (Fsp3) is 0.579. The van der Waals surface area contributed by atoms with Crippen LogP contribution in [0.3, 0.4) is 0 Å². The lowest BCUT2D eigenvalue weighted by atomic mass is 10.1. The van der Waals surface area contributed by atoms with Gasteiger partial charge in [-0.05, 0) is 29.9 Å². The fourth-order valence-electron chi connectivity index (χ4n) is 3.69. The molecule has 4 heteroatoms. The molecule has 0 saturated carbocycles. The first-order chi connectivity index (χ1) is 11.2. The van der Waals surface area contributed by atoms with Gasteiger partial charge in [0.15, 0.2) is 0 Å². The Bertz CT molecular complexity index is 589. The Morgan fingerprint density at radius 1 is 1.26 bits per heavy atom. The second-order valence-corrected chi connectivity index (χ2v) is 7.17. The van der Waals surface area contributed by atoms with Crippen LogP contribution in [0.1, 0.15) is 26.0 Å². The first-order valence-corrected chi connectivity index (χ1v) is 8.79. The molecule has 3 rings (SSSR count). The molecule has 1 saturated heterocycles. The minimum atomic E-state index is 0.277. The Hall–Kier alpha value is -1.36. The lowest BCUT2D eigenvalue weighted by Gasteiger charge is -2.42. The highest BCUT2D eigenvalue weighted by Crippen LogP contribution is 2.19. The molecule has 0 aliphatic carbocycles. The Morgan fingerprint density at radius 3 is 2.83 bits per heavy atom. The minimum absolute atomic E-state index is 0.277. The van der Waals surface area contributed by atoms with E-state index in [1.807, 2.05) is 0 Å². The maximum Gasteiger partial charge on any atom is 0.0456 e. The van der Waals surface area contributed by atoms with E-state index in [4.69, 9.17) is 0 Å². The summed E-state index contributed by atoms with van der Waals surface area (Å²) in [4.78, 5) is 8.60. The summed E-state index contributed by atoms with van der Waals surface area (Å²) in [6, 6.07) is 11.2. The van der Waals surface area contributed by atoms with Crippen LogP contribution >= 0.6 is 0 Å². The molecular weight excluding hydrogens is 286 g/mol. The molecule has 2 N–H and O–H groups in total. The van der Waals surface area contributed by atoms with Crippen molar-refractivity contribution in [3.05, 3.63) is 36.0 Å². The van der Waals surface area contributed by atoms with Gasteiger partial charge in [-0.3, -0.25) is 9.80 Å². The molecular formula is C19H29N3O. The molecule has 0 unspecified atom stereocenters. The molecule has 1 fully saturated rings. The van der Waals surface area contributed by atoms with Crippen LogP contribution in [0, 0.1) is 5.92 Å². The summed E-state index contributed by atoms with van der Waals surface area (Å²) >= 11 is 0. The molecule has 1 atom stereocenters. The zero-order chi connectivity index (χ0) is 16.2. The van der Waals surface area contributed by atoms with Crippen molar-refractivity contribution in [2.45, 2.75) is 32.9 Å². The molecule has 126 valence electrons. The number of rotatable bonds is 6. The molecule has 1 aromatic heterocycles. The topological polar surface area (TPSA) is 42.5 Å². The summed E-state index contributed by atoms with van der Waals surface area (Å²) in [6.45, 7) is 10.2. The summed E-state index contributed by atoms with van der Waals surface area (Å²) in [6.07, 6.45) is 0.871. The average Bonchev–Trinajstić information content (AvgIpc) is 2.92. The van der Waals surface area contributed by atoms with E-state index >= 15 is 0 Å². The second-order valence-electron chi connectivity index (χ2n) is 7.17. The number of aromatic amines is 1. The third-order valence-electron chi connectivity index (χ3n) is 4.73. The van der Waals surface area contributed by atoms with Crippen LogP contribution in [0.5, 0.6) is 0 Å². The molecule has 4 nitrogen and oxygen atoms in total. The number of H-pyrrole nitrogens is 1. The van der Waals surface area contributed by atoms with E-state index in [1.54, 1.807) is 0 Å². The Morgan fingerprint density at radius 2 is 2.09 bits per heavy atom. The van der Waals surface area contributed by atoms with Crippen LogP contribution < -0.4 is 0 Å². The number of aromatic nitrogens is 1. The third kappa shape index (κ3) is 4.14. The van der Waals surface area contributed by atoms with Gasteiger partial charge in [-0.1, -0.05) is 32.0 Å². The molecule has 2 heterocycles. The summed E-state index contributed by atoms with van der Waals surface area (Å²) in [7, 11) is 0. The molecule has 0 bridgehead atoms. The molecule has 2 aromatic rings. The largest absolute Gasteiger partial charge is 0.396 e. The summed E-state index contributed by atoms with van der Waals surface area (Å²) < 4.78 is 0. The van der Waals surface area contributed by atoms with Crippen molar-refractivity contribution in [3.8, 4) is 0 Å². The van der Waals surface area contributed by atoms with Crippen molar-refractivity contribution >= 4 is 10.9 Å². The summed E-state index contributed by atoms with van der Waals surface area (Å²) in [5.74, 6) is 0.677. The van der Waals surface area contributed by atoms with Crippen LogP contribution in [0.2, 0.25) is 0 Å². The van der Waals surface area contributed by atoms with E-state index in [0.29, 0.717) is 12.0 Å². The number of aliphatic hydroxyl groups excluding tert-OH is 1. The predicted octanol–water partition coefficient (Wildman–Crippen LogP) is 2.69. The molecule has 0 radical (unpaired) electrons. The number of hydrogen-bond donors (Lipinski definition) is 2. The molecule has 1 aliphatic heterocycles. The number of nitrogens with zero attached hydrogens (tertiary/aromatic N) is 2. The molecule has 0 amide bonds. The van der Waals surface area contributed by atoms with Gasteiger partial charge in [0.1, 0.15) is 0 Å². The van der Waals surface area contributed by atoms with Crippen LogP contribution in [0.15, 0.2) is 30.3 Å². The van der Waals surface area contributed by atoms with Gasteiger partial charge in [0.05, 0.1) is 0 Å². The Labute approximate surface area is 139 Å². The smallest absolute Gasteiger partial charge is 0.0456 e. The van der Waals surface area contributed by atoms with E-state index < -0.39 is 0 Å². The normalized spacial score (nSPS) is 20.6. The van der Waals surface area contributed by atoms with E-state index in [9.17, 15) is 5.11 Å². The fourth-order valence-corrected chi connectivity index (χ4v) is 3.69. The minimum Gasteiger partial charge on any atom is -0.396 e. The van der Waals surface area contributed by atoms with Crippen LogP contribution in [0.4, 0.5) is 0 Å². The van der Waals surface area contributed by atoms with Crippen LogP contribution in [-0.2, 0) is 6.54 Å². The zero-order valence-electron chi connectivity index (χ0n) is 14.3. The number of hydrogen-bond acceptors (Lipinski definition) is 3. The lowest BCUT2D eigenvalue weighted by molar-refractivity contribution is 0.0472. The van der Waals surface area contributed by atoms with Crippen molar-refractivity contribution in [2.75, 3.05) is 32.8 Å². The van der Waals surface area contributed by atoms with Gasteiger partial charge in [-0.2, -0.15) is 0 Å². The van der Waals surface area contributed by atoms with Crippen molar-refractivity contribution in [2.24, 2.45) is 5.92 Å². The van der Waals surface area contributed by atoms with Crippen molar-refractivity contribution in [3.63, 3.8) is 0 Å². The maximum absolute atomic E-state index is 9.39. The van der Waals surface area contributed by atoms with Crippen molar-refractivity contribution in [1.82, 2.24) is 14.8 Å². The molecule has 0 spiro atoms. The zero-order valence-corrected chi connectivity index (χ0v) is 14.3. The summed E-state index contributed by atoms with van der Waals surface area (Å²) in [5.41, 5.74) is 2.50. The maximum atomic E-state index is 9.39. The van der Waals surface area contributed by atoms with Gasteiger partial charge in [0.25, 0.3) is 0 Å². The first kappa shape index (κ1) is 16.5. The number of piperazine rings is 1. The molecule has 1 aromatic carbocycles. The van der Waals surface area contributed by atoms with E-state index in [0.717, 1.165) is 39.1 Å². The highest BCUT2D eigenvalue weighted by atomic mass is 16.3. The molecule has 1 aliphatic rings. The quantitative estimate of drug-likeness (QED) is 0.861. The highest BCUT2D eigenvalue weighted by Gasteiger charge is 2.27. The highest BCUT2D eigenvalue weighted by molar-refractivity contribution is 5.80. The Kier molecular flexibility index (Phi) is 5.36. The number of para-hydroxylation sites is 1. The number of fused-ring (bicyclic) bond motifs is 1. The number of nitrogens with one attached hydrogen (secondary N) is 1. The third-order valence-corrected chi connectivity index (χ3v) is 4.73. The van der Waals surface area contributed by atoms with E-state index in [2.05, 4.69) is 59.0 Å². The van der Waals surface area contributed by atoms with Gasteiger partial charge in [-0.25, -0.2) is 0 Å². The van der Waals surface area contributed by atoms with Crippen molar-refractivity contribution < 1.29 is 5.11 Å². The summed E-state index contributed by atoms with van der Waals surface area (Å²) in [5, 5.41) is 10.7. The van der Waals surface area contributed by atoms with E-state index in [-0.39, 0.29) is 6.61 Å². The van der Waals surface area contributed by atoms with Crippen molar-refractivity contribution in [1.29, 1.82) is 0 Å². The predicted molar refractivity (Wildman–Crippen MR) is 95.5 cm³/mol. The monoisotopic (exact) mass is 315 g/mol. The first-order valence-electron chi connectivity index (χ1n) is 8.79. The van der Waals surface area contributed by atoms with Crippen LogP contribution in [-0.4, -0.2) is 58.7 Å². The van der Waals surface area contributed by atoms with Gasteiger partial charge in [-0.15, -0.1) is 0 Å². The van der Waals surface area contributed by atoms with Gasteiger partial charge in [0, 0.05) is 56.6 Å². The SMILES string of the molecule is CC(C)CN1CCN(Cc2cc3ccccc3[nH]2)C[C@H]1CCO. The van der Waals surface area contributed by atoms with Gasteiger partial charge in [0.2, 0.25) is 0 Å². The van der Waals surface area contributed by atoms with Gasteiger partial charge >= 0.3 is 0 Å². The van der Waals surface area contributed by atoms with Crippen LogP contribution in [0.25, 0.3) is 10.9 Å². The Balaban J connectivity index is 1.64. The number of benzene rings is 1. The lowest BCUT2D eigenvalue weighted by Crippen LogP contribution is -2.53. The second kappa shape index (κ2) is 7.47. The number of aliphatic hydroxyl groups is 1. The van der Waals surface area contributed by atoms with Gasteiger partial charge < -0.3 is 10.1 Å².